The Balaban J connectivity index is 2.57. The van der Waals surface area contributed by atoms with Crippen LogP contribution in [-0.4, -0.2) is 22.1 Å². The van der Waals surface area contributed by atoms with Gasteiger partial charge in [-0.05, 0) is 37.6 Å². The van der Waals surface area contributed by atoms with Gasteiger partial charge in [0.15, 0.2) is 0 Å². The number of aromatic nitrogens is 2. The second-order valence-electron chi connectivity index (χ2n) is 3.45. The Morgan fingerprint density at radius 3 is 3.07 bits per heavy atom. The highest BCUT2D eigenvalue weighted by molar-refractivity contribution is 5.93. The molecule has 78 valence electrons. The number of pyridine rings is 1. The van der Waals surface area contributed by atoms with Gasteiger partial charge in [0.05, 0.1) is 11.7 Å². The normalized spacial score (nSPS) is 10.5. The van der Waals surface area contributed by atoms with Gasteiger partial charge in [-0.15, -0.1) is 0 Å². The number of carbonyl (C=O) groups excluding carboxylic acids is 1. The van der Waals surface area contributed by atoms with Crippen LogP contribution in [0.1, 0.15) is 23.0 Å². The lowest BCUT2D eigenvalue weighted by Crippen LogP contribution is -2.25. The summed E-state index contributed by atoms with van der Waals surface area (Å²) in [7, 11) is 0. The molecule has 15 heavy (non-hydrogen) atoms. The highest BCUT2D eigenvalue weighted by Gasteiger charge is 2.10. The fourth-order valence-electron chi connectivity index (χ4n) is 1.59. The fraction of sp³-hybridized carbons (Fsp3) is 0.273. The van der Waals surface area contributed by atoms with Crippen LogP contribution < -0.4 is 5.32 Å². The van der Waals surface area contributed by atoms with E-state index in [-0.39, 0.29) is 5.91 Å². The summed E-state index contributed by atoms with van der Waals surface area (Å²) in [6, 6.07) is 5.72. The van der Waals surface area contributed by atoms with Crippen molar-refractivity contribution in [2.45, 2.75) is 13.8 Å². The standard InChI is InChI=1S/C11H13N3O/c1-3-12-11(15)10-7-8(2)6-9-4-5-13-14(9)10/h4-7H,3H2,1-2H3,(H,12,15). The van der Waals surface area contributed by atoms with Crippen molar-refractivity contribution in [1.82, 2.24) is 14.9 Å². The molecule has 0 unspecified atom stereocenters. The molecule has 0 spiro atoms. The third-order valence-corrected chi connectivity index (χ3v) is 2.21. The predicted molar refractivity (Wildman–Crippen MR) is 57.9 cm³/mol. The maximum atomic E-state index is 11.7. The molecule has 0 fully saturated rings. The van der Waals surface area contributed by atoms with E-state index < -0.39 is 0 Å². The van der Waals surface area contributed by atoms with Gasteiger partial charge in [-0.2, -0.15) is 5.10 Å². The van der Waals surface area contributed by atoms with Gasteiger partial charge in [0, 0.05) is 6.54 Å². The van der Waals surface area contributed by atoms with Crippen LogP contribution in [0, 0.1) is 6.92 Å². The molecule has 0 saturated carbocycles. The minimum atomic E-state index is -0.0881. The van der Waals surface area contributed by atoms with Crippen molar-refractivity contribution in [3.05, 3.63) is 35.7 Å². The van der Waals surface area contributed by atoms with Crippen LogP contribution in [0.15, 0.2) is 24.4 Å². The van der Waals surface area contributed by atoms with E-state index in [0.29, 0.717) is 12.2 Å². The second kappa shape index (κ2) is 3.73. The molecule has 2 heterocycles. The van der Waals surface area contributed by atoms with Crippen molar-refractivity contribution in [1.29, 1.82) is 0 Å². The first-order chi connectivity index (χ1) is 7.22. The zero-order valence-corrected chi connectivity index (χ0v) is 8.82. The highest BCUT2D eigenvalue weighted by Crippen LogP contribution is 2.10. The largest absolute Gasteiger partial charge is 0.351 e. The van der Waals surface area contributed by atoms with E-state index in [1.807, 2.05) is 32.0 Å². The first kappa shape index (κ1) is 9.71. The number of nitrogens with zero attached hydrogens (tertiary/aromatic N) is 2. The van der Waals surface area contributed by atoms with Crippen molar-refractivity contribution in [3.63, 3.8) is 0 Å². The van der Waals surface area contributed by atoms with Gasteiger partial charge < -0.3 is 5.32 Å². The van der Waals surface area contributed by atoms with Gasteiger partial charge >= 0.3 is 0 Å². The number of carbonyl (C=O) groups is 1. The zero-order chi connectivity index (χ0) is 10.8. The number of hydrogen-bond donors (Lipinski definition) is 1. The Labute approximate surface area is 87.9 Å². The fourth-order valence-corrected chi connectivity index (χ4v) is 1.59. The molecule has 4 nitrogen and oxygen atoms in total. The van der Waals surface area contributed by atoms with Gasteiger partial charge in [0.25, 0.3) is 5.91 Å². The quantitative estimate of drug-likeness (QED) is 0.801. The molecule has 0 aliphatic heterocycles. The van der Waals surface area contributed by atoms with E-state index >= 15 is 0 Å². The van der Waals surface area contributed by atoms with Gasteiger partial charge in [0.1, 0.15) is 5.69 Å². The smallest absolute Gasteiger partial charge is 0.269 e. The van der Waals surface area contributed by atoms with Crippen LogP contribution in [0.25, 0.3) is 5.52 Å². The van der Waals surface area contributed by atoms with Crippen molar-refractivity contribution >= 4 is 11.4 Å². The van der Waals surface area contributed by atoms with Crippen LogP contribution in [0.5, 0.6) is 0 Å². The molecule has 4 heteroatoms. The Kier molecular flexibility index (Phi) is 2.41. The Morgan fingerprint density at radius 1 is 1.53 bits per heavy atom. The van der Waals surface area contributed by atoms with Crippen molar-refractivity contribution in [2.75, 3.05) is 6.54 Å². The lowest BCUT2D eigenvalue weighted by Gasteiger charge is -2.06. The SMILES string of the molecule is CCNC(=O)c1cc(C)cc2ccnn12. The minimum absolute atomic E-state index is 0.0881. The summed E-state index contributed by atoms with van der Waals surface area (Å²) >= 11 is 0. The third-order valence-electron chi connectivity index (χ3n) is 2.21. The molecule has 0 aliphatic rings. The summed E-state index contributed by atoms with van der Waals surface area (Å²) < 4.78 is 1.65. The number of fused-ring (bicyclic) bond motifs is 1. The van der Waals surface area contributed by atoms with Gasteiger partial charge in [-0.1, -0.05) is 0 Å². The van der Waals surface area contributed by atoms with Crippen LogP contribution in [-0.2, 0) is 0 Å². The molecule has 2 rings (SSSR count). The highest BCUT2D eigenvalue weighted by atomic mass is 16.1. The monoisotopic (exact) mass is 203 g/mol. The summed E-state index contributed by atoms with van der Waals surface area (Å²) in [5.41, 5.74) is 2.58. The Bertz CT molecular complexity index is 502. The Morgan fingerprint density at radius 2 is 2.33 bits per heavy atom. The number of hydrogen-bond acceptors (Lipinski definition) is 2. The maximum Gasteiger partial charge on any atom is 0.269 e. The summed E-state index contributed by atoms with van der Waals surface area (Å²) in [5, 5.41) is 6.89. The van der Waals surface area contributed by atoms with Gasteiger partial charge in [-0.3, -0.25) is 4.79 Å². The molecule has 0 aromatic carbocycles. The van der Waals surface area contributed by atoms with E-state index in [1.165, 1.54) is 0 Å². The van der Waals surface area contributed by atoms with E-state index in [9.17, 15) is 4.79 Å². The third kappa shape index (κ3) is 1.70. The van der Waals surface area contributed by atoms with E-state index in [4.69, 9.17) is 0 Å². The molecule has 0 atom stereocenters. The molecule has 2 aromatic heterocycles. The van der Waals surface area contributed by atoms with Crippen LogP contribution in [0.2, 0.25) is 0 Å². The van der Waals surface area contributed by atoms with E-state index in [1.54, 1.807) is 10.7 Å². The summed E-state index contributed by atoms with van der Waals surface area (Å²) in [6.07, 6.45) is 1.69. The first-order valence-electron chi connectivity index (χ1n) is 4.95. The van der Waals surface area contributed by atoms with Crippen molar-refractivity contribution in [2.24, 2.45) is 0 Å². The number of rotatable bonds is 2. The van der Waals surface area contributed by atoms with E-state index in [0.717, 1.165) is 11.1 Å². The average Bonchev–Trinajstić information content (AvgIpc) is 2.64. The Hall–Kier alpha value is -1.84. The van der Waals surface area contributed by atoms with Crippen molar-refractivity contribution < 1.29 is 4.79 Å². The summed E-state index contributed by atoms with van der Waals surface area (Å²) in [4.78, 5) is 11.7. The summed E-state index contributed by atoms with van der Waals surface area (Å²) in [6.45, 7) is 4.49. The van der Waals surface area contributed by atoms with Crippen LogP contribution >= 0.6 is 0 Å². The minimum Gasteiger partial charge on any atom is -0.351 e. The first-order valence-corrected chi connectivity index (χ1v) is 4.95. The molecule has 0 saturated heterocycles. The molecule has 0 radical (unpaired) electrons. The average molecular weight is 203 g/mol. The number of nitrogens with one attached hydrogen (secondary N) is 1. The molecule has 0 bridgehead atoms. The van der Waals surface area contributed by atoms with Gasteiger partial charge in [0.2, 0.25) is 0 Å². The van der Waals surface area contributed by atoms with E-state index in [2.05, 4.69) is 10.4 Å². The predicted octanol–water partition coefficient (Wildman–Crippen LogP) is 1.39. The molecular formula is C11H13N3O. The second-order valence-corrected chi connectivity index (χ2v) is 3.45. The number of amides is 1. The molecular weight excluding hydrogens is 190 g/mol. The number of aryl methyl sites for hydroxylation is 1. The zero-order valence-electron chi connectivity index (χ0n) is 8.82. The van der Waals surface area contributed by atoms with Crippen molar-refractivity contribution in [3.8, 4) is 0 Å². The summed E-state index contributed by atoms with van der Waals surface area (Å²) in [5.74, 6) is -0.0881. The van der Waals surface area contributed by atoms with Crippen LogP contribution in [0.3, 0.4) is 0 Å². The molecule has 1 N–H and O–H groups in total. The molecule has 0 aliphatic carbocycles. The lowest BCUT2D eigenvalue weighted by molar-refractivity contribution is 0.0948. The maximum absolute atomic E-state index is 11.7. The lowest BCUT2D eigenvalue weighted by atomic mass is 10.2. The van der Waals surface area contributed by atoms with Gasteiger partial charge in [-0.25, -0.2) is 4.52 Å². The molecule has 2 aromatic rings. The van der Waals surface area contributed by atoms with Crippen LogP contribution in [0.4, 0.5) is 0 Å². The molecule has 1 amide bonds. The topological polar surface area (TPSA) is 46.4 Å².